The first-order valence-electron chi connectivity index (χ1n) is 11.3. The molecule has 7 nitrogen and oxygen atoms in total. The molecule has 2 heterocycles. The number of amides is 1. The van der Waals surface area contributed by atoms with Crippen molar-refractivity contribution < 1.29 is 29.0 Å². The molecule has 0 fully saturated rings. The fourth-order valence-corrected chi connectivity index (χ4v) is 5.10. The smallest absolute Gasteiger partial charge is 0.311 e. The molecule has 1 N–H and O–H groups in total. The van der Waals surface area contributed by atoms with Gasteiger partial charge in [0.25, 0.3) is 5.91 Å². The Morgan fingerprint density at radius 1 is 1.03 bits per heavy atom. The fraction of sp³-hybridized carbons (Fsp3) is 0.250. The van der Waals surface area contributed by atoms with Crippen LogP contribution in [0.25, 0.3) is 11.1 Å². The summed E-state index contributed by atoms with van der Waals surface area (Å²) in [5.74, 6) is -1.96. The second kappa shape index (κ2) is 9.99. The van der Waals surface area contributed by atoms with Gasteiger partial charge in [-0.2, -0.15) is 11.3 Å². The molecule has 0 aliphatic carbocycles. The molecular weight excluding hydrogens is 478 g/mol. The second-order valence-corrected chi connectivity index (χ2v) is 9.90. The summed E-state index contributed by atoms with van der Waals surface area (Å²) in [4.78, 5) is 40.6. The second-order valence-electron chi connectivity index (χ2n) is 9.12. The van der Waals surface area contributed by atoms with E-state index in [1.54, 1.807) is 61.6 Å². The van der Waals surface area contributed by atoms with E-state index in [0.29, 0.717) is 17.0 Å². The maximum Gasteiger partial charge on any atom is 0.311 e. The van der Waals surface area contributed by atoms with E-state index in [1.165, 1.54) is 19.1 Å². The van der Waals surface area contributed by atoms with E-state index in [2.05, 4.69) is 0 Å². The highest BCUT2D eigenvalue weighted by Gasteiger charge is 2.47. The standard InChI is InChI=1S/C28H27NO6S/c1-28(2,27(33)35-4)15-21(30)23-24(20-7-5-6-8-22(20)34-3)29(26(32)25(23)31)19-11-9-17(10-12-19)18-13-14-36-16-18/h5-14,16,24,31H,15H2,1-4H3. The number of ether oxygens (including phenoxy) is 2. The molecule has 1 atom stereocenters. The van der Waals surface area contributed by atoms with Crippen molar-refractivity contribution >= 4 is 34.7 Å². The van der Waals surface area contributed by atoms with Crippen LogP contribution in [0, 0.1) is 5.41 Å². The van der Waals surface area contributed by atoms with Gasteiger partial charge in [-0.1, -0.05) is 30.3 Å². The number of nitrogens with zero attached hydrogens (tertiary/aromatic N) is 1. The Labute approximate surface area is 213 Å². The largest absolute Gasteiger partial charge is 0.503 e. The summed E-state index contributed by atoms with van der Waals surface area (Å²) in [6, 6.07) is 15.4. The van der Waals surface area contributed by atoms with E-state index >= 15 is 0 Å². The number of thiophene rings is 1. The zero-order valence-corrected chi connectivity index (χ0v) is 21.3. The van der Waals surface area contributed by atoms with Crippen molar-refractivity contribution in [1.82, 2.24) is 0 Å². The molecule has 0 radical (unpaired) electrons. The number of esters is 1. The lowest BCUT2D eigenvalue weighted by Crippen LogP contribution is -2.33. The molecule has 2 aromatic carbocycles. The molecular formula is C28H27NO6S. The number of ketones is 1. The molecule has 0 saturated carbocycles. The molecule has 1 aromatic heterocycles. The summed E-state index contributed by atoms with van der Waals surface area (Å²) < 4.78 is 10.4. The number of carbonyl (C=O) groups is 3. The van der Waals surface area contributed by atoms with Crippen LogP contribution < -0.4 is 9.64 Å². The van der Waals surface area contributed by atoms with Gasteiger partial charge in [0.05, 0.1) is 31.2 Å². The Balaban J connectivity index is 1.80. The summed E-state index contributed by atoms with van der Waals surface area (Å²) in [6.45, 7) is 3.17. The van der Waals surface area contributed by atoms with E-state index in [0.717, 1.165) is 11.1 Å². The fourth-order valence-electron chi connectivity index (χ4n) is 4.43. The Kier molecular flexibility index (Phi) is 6.99. The minimum Gasteiger partial charge on any atom is -0.503 e. The average molecular weight is 506 g/mol. The van der Waals surface area contributed by atoms with Gasteiger partial charge in [0.15, 0.2) is 11.5 Å². The van der Waals surface area contributed by atoms with E-state index in [4.69, 9.17) is 9.47 Å². The van der Waals surface area contributed by atoms with E-state index in [-0.39, 0.29) is 12.0 Å². The van der Waals surface area contributed by atoms with E-state index in [9.17, 15) is 19.5 Å². The van der Waals surface area contributed by atoms with Crippen LogP contribution in [0.15, 0.2) is 76.7 Å². The quantitative estimate of drug-likeness (QED) is 0.408. The third-order valence-corrected chi connectivity index (χ3v) is 6.97. The van der Waals surface area contributed by atoms with Crippen LogP contribution in [0.4, 0.5) is 5.69 Å². The Morgan fingerprint density at radius 2 is 1.72 bits per heavy atom. The number of aliphatic hydroxyl groups excluding tert-OH is 1. The molecule has 1 unspecified atom stereocenters. The molecule has 0 bridgehead atoms. The van der Waals surface area contributed by atoms with Crippen LogP contribution in [0.2, 0.25) is 0 Å². The SMILES string of the molecule is COC(=O)C(C)(C)CC(=O)C1=C(O)C(=O)N(c2ccc(-c3ccsc3)cc2)C1c1ccccc1OC. The van der Waals surface area contributed by atoms with Crippen molar-refractivity contribution in [1.29, 1.82) is 0 Å². The van der Waals surface area contributed by atoms with Gasteiger partial charge in [-0.25, -0.2) is 0 Å². The minimum absolute atomic E-state index is 0.0802. The molecule has 3 aromatic rings. The summed E-state index contributed by atoms with van der Waals surface area (Å²) in [6.07, 6.45) is -0.247. The van der Waals surface area contributed by atoms with Gasteiger partial charge in [0.1, 0.15) is 5.75 Å². The number of hydrogen-bond acceptors (Lipinski definition) is 7. The number of para-hydroxylation sites is 1. The van der Waals surface area contributed by atoms with E-state index in [1.807, 2.05) is 29.0 Å². The number of Topliss-reactive ketones (excluding diaryl/α,β-unsaturated/α-hetero) is 1. The van der Waals surface area contributed by atoms with Gasteiger partial charge in [-0.3, -0.25) is 19.3 Å². The van der Waals surface area contributed by atoms with Gasteiger partial charge < -0.3 is 14.6 Å². The maximum atomic E-state index is 13.6. The van der Waals surface area contributed by atoms with E-state index < -0.39 is 34.9 Å². The molecule has 8 heteroatoms. The number of hydrogen-bond donors (Lipinski definition) is 1. The van der Waals surface area contributed by atoms with Crippen LogP contribution in [0.5, 0.6) is 5.75 Å². The zero-order valence-electron chi connectivity index (χ0n) is 20.5. The number of anilines is 1. The van der Waals surface area contributed by atoms with Gasteiger partial charge in [0.2, 0.25) is 0 Å². The highest BCUT2D eigenvalue weighted by Crippen LogP contribution is 2.45. The molecule has 36 heavy (non-hydrogen) atoms. The number of rotatable bonds is 8. The van der Waals surface area contributed by atoms with Crippen molar-refractivity contribution in [3.8, 4) is 16.9 Å². The average Bonchev–Trinajstić information content (AvgIpc) is 3.50. The number of methoxy groups -OCH3 is 2. The van der Waals surface area contributed by atoms with Crippen LogP contribution in [-0.2, 0) is 19.1 Å². The Bertz CT molecular complexity index is 1320. The normalized spacial score (nSPS) is 15.8. The van der Waals surface area contributed by atoms with Crippen molar-refractivity contribution in [2.24, 2.45) is 5.41 Å². The molecule has 0 saturated heterocycles. The maximum absolute atomic E-state index is 13.6. The Hall–Kier alpha value is -3.91. The lowest BCUT2D eigenvalue weighted by molar-refractivity contribution is -0.152. The van der Waals surface area contributed by atoms with Crippen LogP contribution in [-0.4, -0.2) is 37.0 Å². The van der Waals surface area contributed by atoms with Crippen molar-refractivity contribution in [2.75, 3.05) is 19.1 Å². The molecule has 1 aliphatic rings. The summed E-state index contributed by atoms with van der Waals surface area (Å²) in [5, 5.41) is 15.0. The van der Waals surface area contributed by atoms with Crippen LogP contribution in [0.3, 0.4) is 0 Å². The first-order chi connectivity index (χ1) is 17.2. The van der Waals surface area contributed by atoms with Crippen molar-refractivity contribution in [2.45, 2.75) is 26.3 Å². The predicted molar refractivity (Wildman–Crippen MR) is 138 cm³/mol. The lowest BCUT2D eigenvalue weighted by atomic mass is 9.83. The third-order valence-electron chi connectivity index (χ3n) is 6.28. The van der Waals surface area contributed by atoms with Crippen LogP contribution >= 0.6 is 11.3 Å². The highest BCUT2D eigenvalue weighted by molar-refractivity contribution is 7.08. The zero-order chi connectivity index (χ0) is 26.0. The Morgan fingerprint density at radius 3 is 2.33 bits per heavy atom. The first kappa shape index (κ1) is 25.2. The monoisotopic (exact) mass is 505 g/mol. The van der Waals surface area contributed by atoms with Gasteiger partial charge in [-0.05, 0) is 60.0 Å². The lowest BCUT2D eigenvalue weighted by Gasteiger charge is -2.29. The molecule has 0 spiro atoms. The number of aliphatic hydroxyl groups is 1. The van der Waals surface area contributed by atoms with Crippen molar-refractivity contribution in [3.05, 3.63) is 82.3 Å². The third kappa shape index (κ3) is 4.52. The number of benzene rings is 2. The van der Waals surface area contributed by atoms with Gasteiger partial charge in [-0.15, -0.1) is 0 Å². The van der Waals surface area contributed by atoms with Gasteiger partial charge >= 0.3 is 5.97 Å². The predicted octanol–water partition coefficient (Wildman–Crippen LogP) is 5.48. The van der Waals surface area contributed by atoms with Gasteiger partial charge in [0, 0.05) is 17.7 Å². The molecule has 1 aliphatic heterocycles. The van der Waals surface area contributed by atoms with Crippen molar-refractivity contribution in [3.63, 3.8) is 0 Å². The summed E-state index contributed by atoms with van der Waals surface area (Å²) >= 11 is 1.59. The first-order valence-corrected chi connectivity index (χ1v) is 12.3. The number of carbonyl (C=O) groups excluding carboxylic acids is 3. The topological polar surface area (TPSA) is 93.1 Å². The summed E-state index contributed by atoms with van der Waals surface area (Å²) in [7, 11) is 2.75. The molecule has 1 amide bonds. The minimum atomic E-state index is -1.15. The summed E-state index contributed by atoms with van der Waals surface area (Å²) in [5.41, 5.74) is 1.86. The highest BCUT2D eigenvalue weighted by atomic mass is 32.1. The van der Waals surface area contributed by atoms with Crippen LogP contribution in [0.1, 0.15) is 31.9 Å². The molecule has 186 valence electrons. The molecule has 4 rings (SSSR count).